The summed E-state index contributed by atoms with van der Waals surface area (Å²) in [6.45, 7) is 0. The average Bonchev–Trinajstić information content (AvgIpc) is 3.55. The fourth-order valence-electron chi connectivity index (χ4n) is 3.80. The fraction of sp³-hybridized carbons (Fsp3) is 0.154. The van der Waals surface area contributed by atoms with Crippen molar-refractivity contribution in [1.29, 1.82) is 0 Å². The number of ether oxygens (including phenoxy) is 4. The molecule has 0 amide bonds. The largest absolute Gasteiger partial charge is 0.497 e. The molecule has 0 spiro atoms. The summed E-state index contributed by atoms with van der Waals surface area (Å²) in [7, 11) is 6.58. The highest BCUT2D eigenvalue weighted by Crippen LogP contribution is 2.39. The molecule has 0 aliphatic rings. The van der Waals surface area contributed by atoms with E-state index in [1.165, 1.54) is 0 Å². The lowest BCUT2D eigenvalue weighted by molar-refractivity contribution is 0.394. The van der Waals surface area contributed by atoms with Gasteiger partial charge in [0.2, 0.25) is 0 Å². The Bertz CT molecular complexity index is 1430. The van der Waals surface area contributed by atoms with Gasteiger partial charge in [-0.25, -0.2) is 9.97 Å². The molecule has 0 fully saturated rings. The number of aromatic nitrogens is 3. The number of hydrogen-bond acceptors (Lipinski definition) is 7. The minimum Gasteiger partial charge on any atom is -0.497 e. The molecule has 0 bridgehead atoms. The molecule has 7 nitrogen and oxygen atoms in total. The lowest BCUT2D eigenvalue weighted by Crippen LogP contribution is -1.96. The van der Waals surface area contributed by atoms with Crippen LogP contribution < -0.4 is 18.9 Å². The maximum absolute atomic E-state index is 5.54. The van der Waals surface area contributed by atoms with Crippen LogP contribution in [0.4, 0.5) is 0 Å². The van der Waals surface area contributed by atoms with Gasteiger partial charge in [-0.15, -0.1) is 11.3 Å². The van der Waals surface area contributed by atoms with Gasteiger partial charge < -0.3 is 18.9 Å². The zero-order valence-corrected chi connectivity index (χ0v) is 20.1. The number of imidazole rings is 1. The van der Waals surface area contributed by atoms with E-state index in [1.807, 2.05) is 41.1 Å². The van der Waals surface area contributed by atoms with Crippen LogP contribution in [0.2, 0.25) is 0 Å². The van der Waals surface area contributed by atoms with Gasteiger partial charge in [0.1, 0.15) is 28.0 Å². The Balaban J connectivity index is 1.51. The number of thiazole rings is 1. The van der Waals surface area contributed by atoms with Gasteiger partial charge in [-0.3, -0.25) is 4.57 Å². The van der Waals surface area contributed by atoms with Crippen LogP contribution in [0.1, 0.15) is 0 Å². The Kier molecular flexibility index (Phi) is 5.81. The van der Waals surface area contributed by atoms with Crippen molar-refractivity contribution < 1.29 is 18.9 Å². The zero-order chi connectivity index (χ0) is 23.7. The predicted molar refractivity (Wildman–Crippen MR) is 134 cm³/mol. The Morgan fingerprint density at radius 2 is 1.41 bits per heavy atom. The van der Waals surface area contributed by atoms with Crippen molar-refractivity contribution in [2.24, 2.45) is 0 Å². The van der Waals surface area contributed by atoms with Crippen molar-refractivity contribution in [3.63, 3.8) is 0 Å². The fourth-order valence-corrected chi connectivity index (χ4v) is 4.85. The maximum atomic E-state index is 5.54. The van der Waals surface area contributed by atoms with Crippen LogP contribution in [-0.2, 0) is 0 Å². The summed E-state index contributed by atoms with van der Waals surface area (Å²) in [5.41, 5.74) is 4.74. The molecule has 0 radical (unpaired) electrons. The third kappa shape index (κ3) is 3.92. The van der Waals surface area contributed by atoms with Gasteiger partial charge in [0, 0.05) is 35.0 Å². The second kappa shape index (κ2) is 9.07. The number of rotatable bonds is 7. The topological polar surface area (TPSA) is 67.6 Å². The molecule has 2 heterocycles. The van der Waals surface area contributed by atoms with E-state index in [0.717, 1.165) is 60.7 Å². The van der Waals surface area contributed by atoms with Crippen LogP contribution in [0.5, 0.6) is 23.0 Å². The standard InChI is InChI=1S/C26H23N3O4S/c1-30-19-9-17(10-20(11-19)31-2)23-14-27-15-29(23)18-7-5-16(6-8-18)26-28-22-12-21(32-3)13-24(33-4)25(22)34-26/h5-15H,1-4H3. The summed E-state index contributed by atoms with van der Waals surface area (Å²) in [4.78, 5) is 9.18. The minimum atomic E-state index is 0.721. The number of methoxy groups -OCH3 is 4. The predicted octanol–water partition coefficient (Wildman–Crippen LogP) is 5.85. The number of hydrogen-bond donors (Lipinski definition) is 0. The van der Waals surface area contributed by atoms with Crippen molar-refractivity contribution in [3.05, 3.63) is 67.1 Å². The Hall–Kier alpha value is -4.04. The summed E-state index contributed by atoms with van der Waals surface area (Å²) in [5.74, 6) is 2.92. The van der Waals surface area contributed by atoms with E-state index in [1.54, 1.807) is 46.1 Å². The molecule has 0 aliphatic carbocycles. The molecule has 5 rings (SSSR count). The molecule has 0 N–H and O–H groups in total. The molecule has 0 atom stereocenters. The third-order valence-corrected chi connectivity index (χ3v) is 6.70. The molecule has 2 aromatic heterocycles. The number of nitrogens with zero attached hydrogens (tertiary/aromatic N) is 3. The molecule has 3 aromatic carbocycles. The third-order valence-electron chi connectivity index (χ3n) is 5.56. The van der Waals surface area contributed by atoms with E-state index in [2.05, 4.69) is 29.2 Å². The first-order valence-corrected chi connectivity index (χ1v) is 11.3. The van der Waals surface area contributed by atoms with Crippen LogP contribution >= 0.6 is 11.3 Å². The van der Waals surface area contributed by atoms with Gasteiger partial charge in [0.15, 0.2) is 0 Å². The first-order chi connectivity index (χ1) is 16.6. The van der Waals surface area contributed by atoms with E-state index in [9.17, 15) is 0 Å². The molecule has 0 aliphatic heterocycles. The van der Waals surface area contributed by atoms with Crippen molar-refractivity contribution in [1.82, 2.24) is 14.5 Å². The highest BCUT2D eigenvalue weighted by atomic mass is 32.1. The number of benzene rings is 3. The summed E-state index contributed by atoms with van der Waals surface area (Å²) < 4.78 is 24.8. The average molecular weight is 474 g/mol. The smallest absolute Gasteiger partial charge is 0.142 e. The van der Waals surface area contributed by atoms with Crippen molar-refractivity contribution in [3.8, 4) is 50.5 Å². The molecule has 8 heteroatoms. The van der Waals surface area contributed by atoms with Crippen molar-refractivity contribution in [2.45, 2.75) is 0 Å². The SMILES string of the molecule is COc1cc(OC)cc(-c2cncn2-c2ccc(-c3nc4cc(OC)cc(OC)c4s3)cc2)c1. The molecular weight excluding hydrogens is 450 g/mol. The van der Waals surface area contributed by atoms with Crippen LogP contribution in [0.15, 0.2) is 67.1 Å². The molecule has 34 heavy (non-hydrogen) atoms. The molecule has 0 saturated carbocycles. The van der Waals surface area contributed by atoms with Gasteiger partial charge in [-0.05, 0) is 36.4 Å². The van der Waals surface area contributed by atoms with Gasteiger partial charge in [-0.1, -0.05) is 0 Å². The maximum Gasteiger partial charge on any atom is 0.142 e. The molecule has 172 valence electrons. The van der Waals surface area contributed by atoms with Crippen LogP contribution in [-0.4, -0.2) is 43.0 Å². The lowest BCUT2D eigenvalue weighted by atomic mass is 10.1. The molecular formula is C26H23N3O4S. The monoisotopic (exact) mass is 473 g/mol. The first-order valence-electron chi connectivity index (χ1n) is 10.5. The highest BCUT2D eigenvalue weighted by Gasteiger charge is 2.14. The summed E-state index contributed by atoms with van der Waals surface area (Å²) in [6.07, 6.45) is 3.63. The summed E-state index contributed by atoms with van der Waals surface area (Å²) >= 11 is 1.59. The van der Waals surface area contributed by atoms with E-state index in [4.69, 9.17) is 23.9 Å². The Labute approximate surface area is 201 Å². The quantitative estimate of drug-likeness (QED) is 0.295. The second-order valence-electron chi connectivity index (χ2n) is 7.49. The highest BCUT2D eigenvalue weighted by molar-refractivity contribution is 7.22. The summed E-state index contributed by atoms with van der Waals surface area (Å²) in [5, 5.41) is 0.913. The normalized spacial score (nSPS) is 10.9. The first kappa shape index (κ1) is 21.8. The lowest BCUT2D eigenvalue weighted by Gasteiger charge is -2.11. The van der Waals surface area contributed by atoms with E-state index >= 15 is 0 Å². The van der Waals surface area contributed by atoms with Crippen LogP contribution in [0.25, 0.3) is 37.7 Å². The number of fused-ring (bicyclic) bond motifs is 1. The minimum absolute atomic E-state index is 0.721. The van der Waals surface area contributed by atoms with E-state index < -0.39 is 0 Å². The van der Waals surface area contributed by atoms with Gasteiger partial charge >= 0.3 is 0 Å². The van der Waals surface area contributed by atoms with Gasteiger partial charge in [-0.2, -0.15) is 0 Å². The van der Waals surface area contributed by atoms with Crippen molar-refractivity contribution in [2.75, 3.05) is 28.4 Å². The zero-order valence-electron chi connectivity index (χ0n) is 19.2. The molecule has 0 saturated heterocycles. The van der Waals surface area contributed by atoms with Crippen molar-refractivity contribution >= 4 is 21.6 Å². The molecule has 0 unspecified atom stereocenters. The Morgan fingerprint density at radius 3 is 2.06 bits per heavy atom. The van der Waals surface area contributed by atoms with Crippen LogP contribution in [0.3, 0.4) is 0 Å². The van der Waals surface area contributed by atoms with E-state index in [0.29, 0.717) is 0 Å². The van der Waals surface area contributed by atoms with Crippen LogP contribution in [0, 0.1) is 0 Å². The summed E-state index contributed by atoms with van der Waals surface area (Å²) in [6, 6.07) is 17.8. The van der Waals surface area contributed by atoms with Gasteiger partial charge in [0.05, 0.1) is 56.9 Å². The second-order valence-corrected chi connectivity index (χ2v) is 8.49. The Morgan fingerprint density at radius 1 is 0.735 bits per heavy atom. The van der Waals surface area contributed by atoms with Gasteiger partial charge in [0.25, 0.3) is 0 Å². The van der Waals surface area contributed by atoms with E-state index in [-0.39, 0.29) is 0 Å². The molecule has 5 aromatic rings.